The number of hydrogen-bond acceptors (Lipinski definition) is 6. The van der Waals surface area contributed by atoms with Gasteiger partial charge in [-0.05, 0) is 30.7 Å². The van der Waals surface area contributed by atoms with Crippen LogP contribution in [0, 0.1) is 0 Å². The van der Waals surface area contributed by atoms with E-state index in [1.165, 1.54) is 13.0 Å². The van der Waals surface area contributed by atoms with Crippen molar-refractivity contribution in [2.45, 2.75) is 13.0 Å². The van der Waals surface area contributed by atoms with Gasteiger partial charge >= 0.3 is 12.0 Å². The fourth-order valence-corrected chi connectivity index (χ4v) is 1.67. The second-order valence-corrected chi connectivity index (χ2v) is 4.38. The average Bonchev–Trinajstić information content (AvgIpc) is 2.91. The van der Waals surface area contributed by atoms with Crippen LogP contribution in [0.4, 0.5) is 4.79 Å². The minimum absolute atomic E-state index is 0.164. The maximum absolute atomic E-state index is 11.6. The minimum atomic E-state index is -1.14. The SMILES string of the molecule is CC(OC(=O)C=Cc1ccc2c(c1)OCO2)C(=O)NC(N)=O. The van der Waals surface area contributed by atoms with Crippen LogP contribution < -0.4 is 20.5 Å². The van der Waals surface area contributed by atoms with E-state index >= 15 is 0 Å². The second kappa shape index (κ2) is 6.61. The number of primary amides is 1. The lowest BCUT2D eigenvalue weighted by Crippen LogP contribution is -2.42. The highest BCUT2D eigenvalue weighted by molar-refractivity contribution is 5.97. The fraction of sp³-hybridized carbons (Fsp3) is 0.214. The largest absolute Gasteiger partial charge is 0.454 e. The smallest absolute Gasteiger partial charge is 0.331 e. The Morgan fingerprint density at radius 2 is 2.05 bits per heavy atom. The lowest BCUT2D eigenvalue weighted by Gasteiger charge is -2.10. The van der Waals surface area contributed by atoms with E-state index in [0.29, 0.717) is 17.1 Å². The highest BCUT2D eigenvalue weighted by Gasteiger charge is 2.17. The van der Waals surface area contributed by atoms with Crippen LogP contribution in [0.1, 0.15) is 12.5 Å². The number of imide groups is 1. The van der Waals surface area contributed by atoms with Crippen molar-refractivity contribution in [2.75, 3.05) is 6.79 Å². The highest BCUT2D eigenvalue weighted by atomic mass is 16.7. The first-order valence-corrected chi connectivity index (χ1v) is 6.34. The van der Waals surface area contributed by atoms with Crippen molar-refractivity contribution in [1.82, 2.24) is 5.32 Å². The van der Waals surface area contributed by atoms with Crippen LogP contribution >= 0.6 is 0 Å². The Balaban J connectivity index is 1.91. The molecule has 2 rings (SSSR count). The Morgan fingerprint density at radius 3 is 2.77 bits per heavy atom. The molecule has 0 saturated heterocycles. The van der Waals surface area contributed by atoms with E-state index < -0.39 is 24.0 Å². The summed E-state index contributed by atoms with van der Waals surface area (Å²) in [5.41, 5.74) is 5.50. The molecule has 3 amide bonds. The predicted molar refractivity (Wildman–Crippen MR) is 74.9 cm³/mol. The van der Waals surface area contributed by atoms with Gasteiger partial charge in [-0.2, -0.15) is 0 Å². The summed E-state index contributed by atoms with van der Waals surface area (Å²) in [5.74, 6) is -0.302. The number of urea groups is 1. The molecule has 1 unspecified atom stereocenters. The molecule has 0 fully saturated rings. The van der Waals surface area contributed by atoms with E-state index in [-0.39, 0.29) is 6.79 Å². The van der Waals surface area contributed by atoms with Crippen molar-refractivity contribution in [1.29, 1.82) is 0 Å². The summed E-state index contributed by atoms with van der Waals surface area (Å²) < 4.78 is 15.2. The molecular formula is C14H14N2O6. The number of esters is 1. The molecule has 0 aromatic heterocycles. The maximum Gasteiger partial charge on any atom is 0.331 e. The Kier molecular flexibility index (Phi) is 4.62. The number of nitrogens with one attached hydrogen (secondary N) is 1. The summed E-state index contributed by atoms with van der Waals surface area (Å²) in [7, 11) is 0. The maximum atomic E-state index is 11.6. The van der Waals surface area contributed by atoms with Gasteiger partial charge in [-0.1, -0.05) is 6.07 Å². The van der Waals surface area contributed by atoms with Crippen molar-refractivity contribution in [3.05, 3.63) is 29.8 Å². The van der Waals surface area contributed by atoms with Crippen molar-refractivity contribution in [3.8, 4) is 11.5 Å². The molecule has 0 spiro atoms. The fourth-order valence-electron chi connectivity index (χ4n) is 1.67. The number of rotatable bonds is 4. The highest BCUT2D eigenvalue weighted by Crippen LogP contribution is 2.32. The third-order valence-corrected chi connectivity index (χ3v) is 2.72. The molecule has 1 aromatic carbocycles. The van der Waals surface area contributed by atoms with E-state index in [1.54, 1.807) is 18.2 Å². The molecule has 8 heteroatoms. The molecule has 0 saturated carbocycles. The number of benzene rings is 1. The van der Waals surface area contributed by atoms with Gasteiger partial charge in [0.2, 0.25) is 6.79 Å². The quantitative estimate of drug-likeness (QED) is 0.620. The molecule has 116 valence electrons. The average molecular weight is 306 g/mol. The second-order valence-electron chi connectivity index (χ2n) is 4.38. The van der Waals surface area contributed by atoms with Crippen LogP contribution in [0.5, 0.6) is 11.5 Å². The Hall–Kier alpha value is -3.03. The molecule has 0 aliphatic carbocycles. The Morgan fingerprint density at radius 1 is 1.32 bits per heavy atom. The van der Waals surface area contributed by atoms with Crippen molar-refractivity contribution >= 4 is 24.0 Å². The normalized spacial score (nSPS) is 13.7. The molecule has 1 aliphatic heterocycles. The number of carbonyl (C=O) groups excluding carboxylic acids is 3. The number of hydrogen-bond donors (Lipinski definition) is 2. The summed E-state index contributed by atoms with van der Waals surface area (Å²) in [4.78, 5) is 33.5. The van der Waals surface area contributed by atoms with Crippen LogP contribution in [-0.4, -0.2) is 30.8 Å². The van der Waals surface area contributed by atoms with Crippen molar-refractivity contribution in [2.24, 2.45) is 5.73 Å². The molecule has 1 aliphatic rings. The van der Waals surface area contributed by atoms with Crippen LogP contribution in [0.25, 0.3) is 6.08 Å². The summed E-state index contributed by atoms with van der Waals surface area (Å²) in [6, 6.07) is 4.15. The molecule has 1 heterocycles. The first-order chi connectivity index (χ1) is 10.5. The summed E-state index contributed by atoms with van der Waals surface area (Å²) in [6.07, 6.45) is 1.52. The summed E-state index contributed by atoms with van der Waals surface area (Å²) in [6.45, 7) is 1.49. The molecule has 1 aromatic rings. The van der Waals surface area contributed by atoms with Crippen LogP contribution in [0.3, 0.4) is 0 Å². The topological polar surface area (TPSA) is 117 Å². The zero-order chi connectivity index (χ0) is 16.1. The molecule has 8 nitrogen and oxygen atoms in total. The van der Waals surface area contributed by atoms with E-state index in [2.05, 4.69) is 0 Å². The van der Waals surface area contributed by atoms with Gasteiger partial charge < -0.3 is 19.9 Å². The van der Waals surface area contributed by atoms with Gasteiger partial charge in [0.25, 0.3) is 5.91 Å². The molecular weight excluding hydrogens is 292 g/mol. The number of ether oxygens (including phenoxy) is 3. The van der Waals surface area contributed by atoms with Crippen LogP contribution in [0.2, 0.25) is 0 Å². The minimum Gasteiger partial charge on any atom is -0.454 e. The standard InChI is InChI=1S/C14H14N2O6/c1-8(13(18)16-14(15)19)22-12(17)5-3-9-2-4-10-11(6-9)21-7-20-10/h2-6,8H,7H2,1H3,(H3,15,16,18,19). The number of fused-ring (bicyclic) bond motifs is 1. The zero-order valence-corrected chi connectivity index (χ0v) is 11.7. The van der Waals surface area contributed by atoms with E-state index in [0.717, 1.165) is 6.08 Å². The van der Waals surface area contributed by atoms with Gasteiger partial charge in [0.1, 0.15) is 0 Å². The summed E-state index contributed by atoms with van der Waals surface area (Å²) in [5, 5.41) is 1.82. The predicted octanol–water partition coefficient (Wildman–Crippen LogP) is 0.555. The van der Waals surface area contributed by atoms with Gasteiger partial charge in [-0.3, -0.25) is 10.1 Å². The van der Waals surface area contributed by atoms with E-state index in [1.807, 2.05) is 5.32 Å². The van der Waals surface area contributed by atoms with Gasteiger partial charge in [-0.15, -0.1) is 0 Å². The van der Waals surface area contributed by atoms with Gasteiger partial charge in [0.05, 0.1) is 0 Å². The van der Waals surface area contributed by atoms with Gasteiger partial charge in [0, 0.05) is 6.08 Å². The molecule has 0 radical (unpaired) electrons. The molecule has 3 N–H and O–H groups in total. The first-order valence-electron chi connectivity index (χ1n) is 6.34. The number of amides is 3. The lowest BCUT2D eigenvalue weighted by molar-refractivity contribution is -0.149. The Labute approximate surface area is 125 Å². The molecule has 0 bridgehead atoms. The number of carbonyl (C=O) groups is 3. The van der Waals surface area contributed by atoms with Gasteiger partial charge in [0.15, 0.2) is 17.6 Å². The van der Waals surface area contributed by atoms with E-state index in [9.17, 15) is 14.4 Å². The third kappa shape index (κ3) is 3.98. The monoisotopic (exact) mass is 306 g/mol. The third-order valence-electron chi connectivity index (χ3n) is 2.72. The Bertz CT molecular complexity index is 640. The van der Waals surface area contributed by atoms with Crippen molar-refractivity contribution in [3.63, 3.8) is 0 Å². The molecule has 22 heavy (non-hydrogen) atoms. The summed E-state index contributed by atoms with van der Waals surface area (Å²) >= 11 is 0. The lowest BCUT2D eigenvalue weighted by atomic mass is 10.2. The van der Waals surface area contributed by atoms with Crippen LogP contribution in [0.15, 0.2) is 24.3 Å². The van der Waals surface area contributed by atoms with Crippen LogP contribution in [-0.2, 0) is 14.3 Å². The van der Waals surface area contributed by atoms with Gasteiger partial charge in [-0.25, -0.2) is 9.59 Å². The molecule has 1 atom stereocenters. The zero-order valence-electron chi connectivity index (χ0n) is 11.7. The number of nitrogens with two attached hydrogens (primary N) is 1. The van der Waals surface area contributed by atoms with E-state index in [4.69, 9.17) is 19.9 Å². The van der Waals surface area contributed by atoms with Crippen molar-refractivity contribution < 1.29 is 28.6 Å². The first kappa shape index (κ1) is 15.4.